The van der Waals surface area contributed by atoms with Crippen LogP contribution in [0.5, 0.6) is 0 Å². The molecule has 0 saturated heterocycles. The van der Waals surface area contributed by atoms with Gasteiger partial charge < -0.3 is 19.0 Å². The van der Waals surface area contributed by atoms with E-state index in [2.05, 4.69) is 166 Å². The van der Waals surface area contributed by atoms with Gasteiger partial charge in [-0.1, -0.05) is 178 Å². The zero-order valence-corrected chi connectivity index (χ0v) is 46.1. The van der Waals surface area contributed by atoms with Crippen molar-refractivity contribution in [1.82, 2.24) is 10.6 Å². The number of aliphatic hydroxyl groups is 1. The molecule has 0 saturated carbocycles. The second-order valence-electron chi connectivity index (χ2n) is 23.8. The molecule has 0 fully saturated rings. The molecule has 0 amide bonds. The van der Waals surface area contributed by atoms with E-state index in [1.807, 2.05) is 77.9 Å². The van der Waals surface area contributed by atoms with Gasteiger partial charge >= 0.3 is 11.9 Å². The fourth-order valence-electron chi connectivity index (χ4n) is 10.9. The quantitative estimate of drug-likeness (QED) is 0.0419. The predicted octanol–water partition coefficient (Wildman–Crippen LogP) is 13.5. The number of rotatable bonds is 19. The summed E-state index contributed by atoms with van der Waals surface area (Å²) in [7, 11) is -2.10. The lowest BCUT2D eigenvalue weighted by Crippen LogP contribution is -2.54. The first-order chi connectivity index (χ1) is 34.6. The molecular formula is C64H78N2O6Si. The van der Waals surface area contributed by atoms with Crippen LogP contribution in [0.2, 0.25) is 18.1 Å². The number of esters is 2. The Labute approximate surface area is 436 Å². The van der Waals surface area contributed by atoms with Gasteiger partial charge in [0.1, 0.15) is 23.3 Å². The summed E-state index contributed by atoms with van der Waals surface area (Å²) in [5.41, 5.74) is 7.16. The molecule has 73 heavy (non-hydrogen) atoms. The van der Waals surface area contributed by atoms with Crippen molar-refractivity contribution in [3.63, 3.8) is 0 Å². The maximum Gasteiger partial charge on any atom is 0.323 e. The highest BCUT2D eigenvalue weighted by Gasteiger charge is 2.50. The van der Waals surface area contributed by atoms with Gasteiger partial charge in [0.25, 0.3) is 0 Å². The lowest BCUT2D eigenvalue weighted by Gasteiger charge is -2.40. The molecule has 0 spiro atoms. The monoisotopic (exact) mass is 999 g/mol. The highest BCUT2D eigenvalue weighted by Crippen LogP contribution is 2.53. The number of fused-ring (bicyclic) bond motifs is 6. The van der Waals surface area contributed by atoms with Gasteiger partial charge in [-0.2, -0.15) is 0 Å². The Morgan fingerprint density at radius 1 is 0.507 bits per heavy atom. The van der Waals surface area contributed by atoms with E-state index in [0.717, 1.165) is 55.6 Å². The molecule has 0 radical (unpaired) electrons. The summed E-state index contributed by atoms with van der Waals surface area (Å²) in [5, 5.41) is 20.9. The largest absolute Gasteiger partial charge is 0.459 e. The SMILES string of the molecule is CC(C)(C)OC(=O)[C@H](CCC(O)[C@@H](CCCO[Si](C)(C)C(C)(C)C)C[C@H](NC1(c2ccccc2)c2ccccc2-c2ccccc21)C(=O)OC(C)(C)C)NC1(c2ccccc2)c2ccccc2-c2ccccc21. The first kappa shape index (κ1) is 53.6. The number of ether oxygens (including phenoxy) is 2. The van der Waals surface area contributed by atoms with E-state index in [1.165, 1.54) is 0 Å². The average molecular weight is 999 g/mol. The van der Waals surface area contributed by atoms with Crippen LogP contribution in [0.3, 0.4) is 0 Å². The highest BCUT2D eigenvalue weighted by molar-refractivity contribution is 6.74. The number of carbonyl (C=O) groups is 2. The second-order valence-corrected chi connectivity index (χ2v) is 28.6. The molecule has 384 valence electrons. The van der Waals surface area contributed by atoms with Crippen LogP contribution >= 0.6 is 0 Å². The predicted molar refractivity (Wildman–Crippen MR) is 298 cm³/mol. The number of hydrogen-bond donors (Lipinski definition) is 3. The van der Waals surface area contributed by atoms with Crippen molar-refractivity contribution in [2.45, 2.75) is 153 Å². The minimum atomic E-state index is -2.10. The van der Waals surface area contributed by atoms with Crippen LogP contribution in [-0.4, -0.2) is 61.4 Å². The summed E-state index contributed by atoms with van der Waals surface area (Å²) < 4.78 is 19.3. The van der Waals surface area contributed by atoms with E-state index in [0.29, 0.717) is 19.4 Å². The molecule has 4 atom stereocenters. The fraction of sp³-hybridized carbons (Fsp3) is 0.406. The Morgan fingerprint density at radius 2 is 0.863 bits per heavy atom. The van der Waals surface area contributed by atoms with Crippen LogP contribution in [0.1, 0.15) is 128 Å². The van der Waals surface area contributed by atoms with Gasteiger partial charge in [0.05, 0.1) is 17.2 Å². The summed E-state index contributed by atoms with van der Waals surface area (Å²) in [6.45, 7) is 23.1. The van der Waals surface area contributed by atoms with Gasteiger partial charge in [0, 0.05) is 6.61 Å². The van der Waals surface area contributed by atoms with E-state index in [9.17, 15) is 9.90 Å². The lowest BCUT2D eigenvalue weighted by molar-refractivity contribution is -0.159. The maximum absolute atomic E-state index is 15.1. The molecule has 2 aliphatic rings. The molecule has 2 aliphatic carbocycles. The number of benzene rings is 6. The molecule has 0 heterocycles. The zero-order valence-electron chi connectivity index (χ0n) is 45.1. The van der Waals surface area contributed by atoms with Crippen molar-refractivity contribution in [1.29, 1.82) is 0 Å². The number of carbonyl (C=O) groups excluding carboxylic acids is 2. The molecule has 6 aromatic carbocycles. The van der Waals surface area contributed by atoms with E-state index >= 15 is 4.79 Å². The maximum atomic E-state index is 15.1. The van der Waals surface area contributed by atoms with Crippen molar-refractivity contribution >= 4 is 20.3 Å². The van der Waals surface area contributed by atoms with Crippen LogP contribution in [0.15, 0.2) is 158 Å². The highest BCUT2D eigenvalue weighted by atomic mass is 28.4. The van der Waals surface area contributed by atoms with Crippen molar-refractivity contribution in [3.05, 3.63) is 191 Å². The molecule has 1 unspecified atom stereocenters. The van der Waals surface area contributed by atoms with E-state index < -0.39 is 66.6 Å². The summed E-state index contributed by atoms with van der Waals surface area (Å²) in [6, 6.07) is 52.6. The van der Waals surface area contributed by atoms with Crippen molar-refractivity contribution in [2.75, 3.05) is 6.61 Å². The van der Waals surface area contributed by atoms with Gasteiger partial charge in [0.15, 0.2) is 8.32 Å². The Morgan fingerprint density at radius 3 is 1.25 bits per heavy atom. The smallest absolute Gasteiger partial charge is 0.323 e. The van der Waals surface area contributed by atoms with Crippen LogP contribution in [-0.2, 0) is 34.6 Å². The third-order valence-corrected chi connectivity index (χ3v) is 19.8. The number of nitrogens with one attached hydrogen (secondary N) is 2. The summed E-state index contributed by atoms with van der Waals surface area (Å²) in [4.78, 5) is 29.9. The van der Waals surface area contributed by atoms with Gasteiger partial charge in [0.2, 0.25) is 0 Å². The normalized spacial score (nSPS) is 16.3. The Balaban J connectivity index is 1.19. The minimum absolute atomic E-state index is 0.0262. The van der Waals surface area contributed by atoms with Crippen LogP contribution < -0.4 is 10.6 Å². The average Bonchev–Trinajstić information content (AvgIpc) is 3.80. The van der Waals surface area contributed by atoms with Gasteiger partial charge in [-0.15, -0.1) is 0 Å². The Hall–Kier alpha value is -5.68. The molecule has 0 aliphatic heterocycles. The zero-order chi connectivity index (χ0) is 52.4. The summed E-state index contributed by atoms with van der Waals surface area (Å²) in [5.74, 6) is -1.20. The van der Waals surface area contributed by atoms with Crippen LogP contribution in [0.4, 0.5) is 0 Å². The fourth-order valence-corrected chi connectivity index (χ4v) is 12.0. The molecule has 8 nitrogen and oxygen atoms in total. The minimum Gasteiger partial charge on any atom is -0.459 e. The van der Waals surface area contributed by atoms with Crippen molar-refractivity contribution in [3.8, 4) is 22.3 Å². The Bertz CT molecular complexity index is 2770. The molecular weight excluding hydrogens is 921 g/mol. The molecule has 3 N–H and O–H groups in total. The molecule has 6 aromatic rings. The van der Waals surface area contributed by atoms with E-state index in [4.69, 9.17) is 13.9 Å². The van der Waals surface area contributed by atoms with Gasteiger partial charge in [-0.3, -0.25) is 20.2 Å². The van der Waals surface area contributed by atoms with Crippen molar-refractivity contribution in [2.24, 2.45) is 5.92 Å². The topological polar surface area (TPSA) is 106 Å². The third-order valence-electron chi connectivity index (χ3n) is 15.3. The first-order valence-corrected chi connectivity index (χ1v) is 29.3. The van der Waals surface area contributed by atoms with Crippen molar-refractivity contribution < 1.29 is 28.6 Å². The molecule has 0 aromatic heterocycles. The number of aliphatic hydroxyl groups excluding tert-OH is 1. The number of hydrogen-bond acceptors (Lipinski definition) is 8. The first-order valence-electron chi connectivity index (χ1n) is 26.4. The Kier molecular flexibility index (Phi) is 15.6. The standard InChI is InChI=1S/C64H78N2O6Si/c1-60(2,3)71-58(68)55(65-63(45-28-14-12-15-29-45)51-36-22-18-32-47(51)48-33-19-23-37-52(48)63)40-41-57(67)44(27-26-42-70-73(10,11)62(7,8)9)43-56(59(69)72-61(4,5)6)66-64(46-30-16-13-17-31-46)53-38-24-20-34-49(53)50-35-21-25-39-54(50)64/h12-25,28-39,44,55-57,65-67H,26-27,40-43H2,1-11H3/t44-,55-,56-,57?/m0/s1. The lowest BCUT2D eigenvalue weighted by atomic mass is 9.78. The summed E-state index contributed by atoms with van der Waals surface area (Å²) >= 11 is 0. The van der Waals surface area contributed by atoms with Gasteiger partial charge in [-0.25, -0.2) is 0 Å². The van der Waals surface area contributed by atoms with Gasteiger partial charge in [-0.05, 0) is 153 Å². The summed E-state index contributed by atoms with van der Waals surface area (Å²) in [6.07, 6.45) is 1.07. The molecule has 8 rings (SSSR count). The molecule has 0 bridgehead atoms. The second kappa shape index (κ2) is 21.3. The van der Waals surface area contributed by atoms with E-state index in [-0.39, 0.29) is 24.3 Å². The third kappa shape index (κ3) is 11.2. The van der Waals surface area contributed by atoms with Crippen LogP contribution in [0, 0.1) is 5.92 Å². The molecule has 9 heteroatoms. The van der Waals surface area contributed by atoms with E-state index in [1.54, 1.807) is 0 Å². The van der Waals surface area contributed by atoms with Crippen LogP contribution in [0.25, 0.3) is 22.3 Å².